The van der Waals surface area contributed by atoms with Crippen LogP contribution in [-0.2, 0) is 10.0 Å². The van der Waals surface area contributed by atoms with Crippen LogP contribution in [0.4, 0.5) is 0 Å². The molecule has 0 saturated carbocycles. The highest BCUT2D eigenvalue weighted by Gasteiger charge is 2.51. The second-order valence-electron chi connectivity index (χ2n) is 5.69. The van der Waals surface area contributed by atoms with Gasteiger partial charge in [-0.3, -0.25) is 0 Å². The van der Waals surface area contributed by atoms with Crippen LogP contribution in [-0.4, -0.2) is 23.6 Å². The number of hydrogen-bond acceptors (Lipinski definition) is 2. The number of aryl methyl sites for hydroxylation is 1. The van der Waals surface area contributed by atoms with Gasteiger partial charge >= 0.3 is 0 Å². The van der Waals surface area contributed by atoms with E-state index in [4.69, 9.17) is 0 Å². The van der Waals surface area contributed by atoms with Gasteiger partial charge in [0.25, 0.3) is 0 Å². The van der Waals surface area contributed by atoms with Crippen molar-refractivity contribution in [3.63, 3.8) is 0 Å². The third kappa shape index (κ3) is 2.51. The largest absolute Gasteiger partial charge is 0.243 e. The van der Waals surface area contributed by atoms with Gasteiger partial charge in [-0.25, -0.2) is 8.42 Å². The number of rotatable bonds is 3. The van der Waals surface area contributed by atoms with E-state index >= 15 is 0 Å². The van der Waals surface area contributed by atoms with Crippen LogP contribution in [0.3, 0.4) is 0 Å². The van der Waals surface area contributed by atoms with Crippen LogP contribution in [0, 0.1) is 6.92 Å². The molecule has 5 heteroatoms. The number of sulfonamides is 1. The Kier molecular flexibility index (Phi) is 4.14. The molecule has 0 aromatic heterocycles. The number of hydrogen-bond donors (Lipinski definition) is 0. The lowest BCUT2D eigenvalue weighted by molar-refractivity contribution is 0.141. The van der Waals surface area contributed by atoms with E-state index < -0.39 is 10.0 Å². The SMILES string of the molecule is Cc1ccc(S(=O)(=O)N2[C@H](c3ccccc3)[C@H](Br)[C@@H]2C)cc1. The van der Waals surface area contributed by atoms with Gasteiger partial charge in [0.05, 0.1) is 15.8 Å². The smallest absolute Gasteiger partial charge is 0.207 e. The van der Waals surface area contributed by atoms with E-state index in [-0.39, 0.29) is 16.9 Å². The zero-order chi connectivity index (χ0) is 15.9. The summed E-state index contributed by atoms with van der Waals surface area (Å²) in [6, 6.07) is 16.6. The van der Waals surface area contributed by atoms with E-state index in [1.807, 2.05) is 56.3 Å². The lowest BCUT2D eigenvalue weighted by Gasteiger charge is -2.50. The summed E-state index contributed by atoms with van der Waals surface area (Å²) < 4.78 is 27.5. The van der Waals surface area contributed by atoms with Crippen LogP contribution in [0.5, 0.6) is 0 Å². The maximum Gasteiger partial charge on any atom is 0.243 e. The molecule has 0 unspecified atom stereocenters. The van der Waals surface area contributed by atoms with Crippen molar-refractivity contribution in [2.45, 2.75) is 35.7 Å². The highest BCUT2D eigenvalue weighted by Crippen LogP contribution is 2.46. The fraction of sp³-hybridized carbons (Fsp3) is 0.294. The molecule has 3 rings (SSSR count). The van der Waals surface area contributed by atoms with Crippen LogP contribution >= 0.6 is 15.9 Å². The van der Waals surface area contributed by atoms with Crippen molar-refractivity contribution in [3.8, 4) is 0 Å². The summed E-state index contributed by atoms with van der Waals surface area (Å²) in [5.74, 6) is 0. The summed E-state index contributed by atoms with van der Waals surface area (Å²) in [6.07, 6.45) is 0. The van der Waals surface area contributed by atoms with Crippen LogP contribution in [0.25, 0.3) is 0 Å². The molecule has 0 bridgehead atoms. The molecule has 0 spiro atoms. The summed E-state index contributed by atoms with van der Waals surface area (Å²) in [6.45, 7) is 3.88. The first-order valence-corrected chi connectivity index (χ1v) is 9.58. The number of alkyl halides is 1. The zero-order valence-electron chi connectivity index (χ0n) is 12.5. The monoisotopic (exact) mass is 379 g/mol. The van der Waals surface area contributed by atoms with Gasteiger partial charge in [0.15, 0.2) is 0 Å². The molecule has 1 heterocycles. The molecular weight excluding hydrogens is 362 g/mol. The van der Waals surface area contributed by atoms with Gasteiger partial charge in [-0.1, -0.05) is 64.0 Å². The fourth-order valence-corrected chi connectivity index (χ4v) is 5.85. The minimum absolute atomic E-state index is 0.0727. The molecule has 1 aliphatic rings. The first kappa shape index (κ1) is 15.7. The van der Waals surface area contributed by atoms with Gasteiger partial charge in [0.1, 0.15) is 0 Å². The van der Waals surface area contributed by atoms with Crippen molar-refractivity contribution < 1.29 is 8.42 Å². The Bertz CT molecular complexity index is 759. The zero-order valence-corrected chi connectivity index (χ0v) is 14.9. The van der Waals surface area contributed by atoms with E-state index in [0.29, 0.717) is 4.90 Å². The third-order valence-corrected chi connectivity index (χ3v) is 7.42. The van der Waals surface area contributed by atoms with Gasteiger partial charge < -0.3 is 0 Å². The molecule has 0 aliphatic carbocycles. The van der Waals surface area contributed by atoms with Crippen LogP contribution in [0.1, 0.15) is 24.1 Å². The predicted octanol–water partition coefficient (Wildman–Crippen LogP) is 3.89. The molecular formula is C17H18BrNO2S. The highest BCUT2D eigenvalue weighted by molar-refractivity contribution is 9.09. The second kappa shape index (κ2) is 5.80. The summed E-state index contributed by atoms with van der Waals surface area (Å²) in [7, 11) is -3.50. The number of benzene rings is 2. The van der Waals surface area contributed by atoms with Crippen LogP contribution in [0.15, 0.2) is 59.5 Å². The molecule has 22 heavy (non-hydrogen) atoms. The quantitative estimate of drug-likeness (QED) is 0.758. The van der Waals surface area contributed by atoms with Crippen LogP contribution in [0.2, 0.25) is 0 Å². The van der Waals surface area contributed by atoms with Crippen molar-refractivity contribution in [2.75, 3.05) is 0 Å². The summed E-state index contributed by atoms with van der Waals surface area (Å²) in [4.78, 5) is 0.473. The van der Waals surface area contributed by atoms with E-state index in [9.17, 15) is 8.42 Å². The summed E-state index contributed by atoms with van der Waals surface area (Å²) in [5, 5.41) is 0. The van der Waals surface area contributed by atoms with E-state index in [1.54, 1.807) is 16.4 Å². The maximum atomic E-state index is 13.0. The Morgan fingerprint density at radius 2 is 1.59 bits per heavy atom. The van der Waals surface area contributed by atoms with Gasteiger partial charge in [0, 0.05) is 6.04 Å². The molecule has 1 saturated heterocycles. The minimum Gasteiger partial charge on any atom is -0.207 e. The van der Waals surface area contributed by atoms with Crippen molar-refractivity contribution >= 4 is 26.0 Å². The third-order valence-electron chi connectivity index (χ3n) is 4.18. The number of halogens is 1. The van der Waals surface area contributed by atoms with Crippen molar-refractivity contribution in [3.05, 3.63) is 65.7 Å². The standard InChI is InChI=1S/C17H18BrNO2S/c1-12-8-10-15(11-9-12)22(20,21)19-13(2)16(18)17(19)14-6-4-3-5-7-14/h3-11,13,16-17H,1-2H3/t13-,16+,17+/m0/s1. The van der Waals surface area contributed by atoms with Gasteiger partial charge in [0.2, 0.25) is 10.0 Å². The van der Waals surface area contributed by atoms with Crippen LogP contribution < -0.4 is 0 Å². The summed E-state index contributed by atoms with van der Waals surface area (Å²) in [5.41, 5.74) is 2.06. The lowest BCUT2D eigenvalue weighted by Crippen LogP contribution is -2.59. The minimum atomic E-state index is -3.50. The average Bonchev–Trinajstić information content (AvgIpc) is 2.52. The molecule has 1 fully saturated rings. The van der Waals surface area contributed by atoms with E-state index in [1.165, 1.54) is 0 Å². The maximum absolute atomic E-state index is 13.0. The van der Waals surface area contributed by atoms with Gasteiger partial charge in [-0.2, -0.15) is 4.31 Å². The average molecular weight is 380 g/mol. The predicted molar refractivity (Wildman–Crippen MR) is 91.6 cm³/mol. The molecule has 0 radical (unpaired) electrons. The lowest BCUT2D eigenvalue weighted by atomic mass is 9.91. The molecule has 0 N–H and O–H groups in total. The van der Waals surface area contributed by atoms with Crippen molar-refractivity contribution in [2.24, 2.45) is 0 Å². The first-order valence-electron chi connectivity index (χ1n) is 7.22. The Morgan fingerprint density at radius 3 is 2.18 bits per heavy atom. The molecule has 3 atom stereocenters. The Morgan fingerprint density at radius 1 is 1.00 bits per heavy atom. The molecule has 0 amide bonds. The van der Waals surface area contributed by atoms with E-state index in [0.717, 1.165) is 11.1 Å². The highest BCUT2D eigenvalue weighted by atomic mass is 79.9. The topological polar surface area (TPSA) is 37.4 Å². The summed E-state index contributed by atoms with van der Waals surface area (Å²) >= 11 is 3.64. The Hall–Kier alpha value is -1.17. The molecule has 116 valence electrons. The normalized spacial score (nSPS) is 25.7. The van der Waals surface area contributed by atoms with Gasteiger partial charge in [-0.05, 0) is 31.5 Å². The molecule has 3 nitrogen and oxygen atoms in total. The van der Waals surface area contributed by atoms with Gasteiger partial charge in [-0.15, -0.1) is 0 Å². The number of nitrogens with zero attached hydrogens (tertiary/aromatic N) is 1. The molecule has 2 aromatic rings. The fourth-order valence-electron chi connectivity index (χ4n) is 2.88. The van der Waals surface area contributed by atoms with Crippen molar-refractivity contribution in [1.29, 1.82) is 0 Å². The Labute approximate surface area is 140 Å². The van der Waals surface area contributed by atoms with E-state index in [2.05, 4.69) is 15.9 Å². The Balaban J connectivity index is 2.00. The molecule has 1 aliphatic heterocycles. The van der Waals surface area contributed by atoms with Crippen molar-refractivity contribution in [1.82, 2.24) is 4.31 Å². The molecule has 2 aromatic carbocycles. The second-order valence-corrected chi connectivity index (χ2v) is 8.59. The first-order chi connectivity index (χ1) is 10.4.